The molecule has 0 amide bonds. The largest absolute Gasteiger partial charge is 0.707 e. The van der Waals surface area contributed by atoms with E-state index >= 15 is 0 Å². The van der Waals surface area contributed by atoms with Crippen LogP contribution in [0.2, 0.25) is 0 Å². The summed E-state index contributed by atoms with van der Waals surface area (Å²) in [7, 11) is -1.77. The highest BCUT2D eigenvalue weighted by Crippen LogP contribution is 2.28. The van der Waals surface area contributed by atoms with Gasteiger partial charge in [0.05, 0.1) is 6.61 Å². The summed E-state index contributed by atoms with van der Waals surface area (Å²) in [5.41, 5.74) is 1.06. The van der Waals surface area contributed by atoms with Crippen LogP contribution in [0.5, 0.6) is 11.5 Å². The first-order valence-electron chi connectivity index (χ1n) is 5.04. The van der Waals surface area contributed by atoms with Crippen LogP contribution in [0.25, 0.3) is 0 Å². The van der Waals surface area contributed by atoms with Gasteiger partial charge in [0.1, 0.15) is 11.5 Å². The molecule has 2 N–H and O–H groups in total. The molecule has 0 radical (unpaired) electrons. The molecule has 0 fully saturated rings. The molecule has 0 aromatic heterocycles. The van der Waals surface area contributed by atoms with Crippen LogP contribution >= 0.6 is 0 Å². The van der Waals surface area contributed by atoms with Crippen LogP contribution < -0.4 is 9.39 Å². The maximum absolute atomic E-state index is 8.67. The molecule has 0 unspecified atom stereocenters. The van der Waals surface area contributed by atoms with Crippen LogP contribution in [0, 0.1) is 0 Å². The maximum atomic E-state index is 8.67. The zero-order valence-electron chi connectivity index (χ0n) is 8.35. The fraction of sp³-hybridized carbons (Fsp3) is 0.400. The third kappa shape index (κ3) is 2.64. The van der Waals surface area contributed by atoms with Gasteiger partial charge in [-0.05, 0) is 43.0 Å². The van der Waals surface area contributed by atoms with Gasteiger partial charge in [0.2, 0.25) is 0 Å². The molecule has 1 aliphatic rings. The van der Waals surface area contributed by atoms with Crippen molar-refractivity contribution in [3.8, 4) is 11.5 Å². The van der Waals surface area contributed by atoms with E-state index in [0.717, 1.165) is 37.2 Å². The molecule has 0 saturated carbocycles. The number of fused-ring (bicyclic) bond motifs is 1. The van der Waals surface area contributed by atoms with Crippen molar-refractivity contribution in [1.82, 2.24) is 0 Å². The molecule has 1 aromatic rings. The minimum Gasteiger partial charge on any atom is -0.512 e. The molecule has 1 heterocycles. The molecule has 80 valence electrons. The first-order valence-corrected chi connectivity index (χ1v) is 5.04. The van der Waals surface area contributed by atoms with Gasteiger partial charge in [-0.3, -0.25) is 0 Å². The minimum atomic E-state index is -1.77. The Kier molecular flexibility index (Phi) is 3.13. The summed E-state index contributed by atoms with van der Waals surface area (Å²) in [5, 5.41) is 17.3. The van der Waals surface area contributed by atoms with Gasteiger partial charge < -0.3 is 19.4 Å². The lowest BCUT2D eigenvalue weighted by atomic mass is 10.1. The molecule has 4 nitrogen and oxygen atoms in total. The Hall–Kier alpha value is -1.20. The number of aryl methyl sites for hydroxylation is 1. The van der Waals surface area contributed by atoms with Crippen LogP contribution in [-0.4, -0.2) is 24.0 Å². The van der Waals surface area contributed by atoms with E-state index in [-0.39, 0.29) is 0 Å². The second-order valence-corrected chi connectivity index (χ2v) is 3.52. The molecule has 1 aromatic carbocycles. The number of rotatable bonds is 2. The van der Waals surface area contributed by atoms with Crippen molar-refractivity contribution in [2.24, 2.45) is 0 Å². The summed E-state index contributed by atoms with van der Waals surface area (Å²) in [5.74, 6) is 1.32. The topological polar surface area (TPSA) is 58.9 Å². The SMILES string of the molecule is OB(O)Oc1ccc2c(c1)CCCCO2. The number of ether oxygens (including phenoxy) is 1. The van der Waals surface area contributed by atoms with Crippen LogP contribution in [0.15, 0.2) is 18.2 Å². The van der Waals surface area contributed by atoms with Crippen LogP contribution in [0.3, 0.4) is 0 Å². The normalized spacial score (nSPS) is 14.8. The van der Waals surface area contributed by atoms with Crippen molar-refractivity contribution in [1.29, 1.82) is 0 Å². The fourth-order valence-corrected chi connectivity index (χ4v) is 1.69. The van der Waals surface area contributed by atoms with Gasteiger partial charge in [0.15, 0.2) is 0 Å². The second kappa shape index (κ2) is 4.55. The second-order valence-electron chi connectivity index (χ2n) is 3.52. The Morgan fingerprint density at radius 2 is 2.13 bits per heavy atom. The monoisotopic (exact) mass is 208 g/mol. The molecule has 0 spiro atoms. The van der Waals surface area contributed by atoms with Crippen molar-refractivity contribution in [2.45, 2.75) is 19.3 Å². The lowest BCUT2D eigenvalue weighted by molar-refractivity contribution is 0.287. The van der Waals surface area contributed by atoms with E-state index in [9.17, 15) is 0 Å². The fourth-order valence-electron chi connectivity index (χ4n) is 1.69. The molecular weight excluding hydrogens is 195 g/mol. The molecule has 1 aliphatic heterocycles. The van der Waals surface area contributed by atoms with Crippen LogP contribution in [0.4, 0.5) is 0 Å². The van der Waals surface area contributed by atoms with Gasteiger partial charge in [-0.15, -0.1) is 0 Å². The van der Waals surface area contributed by atoms with E-state index in [1.807, 2.05) is 0 Å². The zero-order chi connectivity index (χ0) is 10.7. The zero-order valence-corrected chi connectivity index (χ0v) is 8.35. The van der Waals surface area contributed by atoms with Crippen molar-refractivity contribution < 1.29 is 19.4 Å². The average Bonchev–Trinajstić information content (AvgIpc) is 2.41. The molecule has 5 heteroatoms. The van der Waals surface area contributed by atoms with Crippen molar-refractivity contribution in [3.63, 3.8) is 0 Å². The van der Waals surface area contributed by atoms with Gasteiger partial charge in [0, 0.05) is 0 Å². The highest BCUT2D eigenvalue weighted by atomic mass is 16.6. The van der Waals surface area contributed by atoms with Crippen molar-refractivity contribution >= 4 is 7.32 Å². The predicted molar refractivity (Wildman–Crippen MR) is 55.7 cm³/mol. The lowest BCUT2D eigenvalue weighted by Gasteiger charge is -2.10. The van der Waals surface area contributed by atoms with E-state index in [1.54, 1.807) is 18.2 Å². The predicted octanol–water partition coefficient (Wildman–Crippen LogP) is 0.750. The van der Waals surface area contributed by atoms with E-state index < -0.39 is 7.32 Å². The Balaban J connectivity index is 2.20. The summed E-state index contributed by atoms with van der Waals surface area (Å²) in [6.07, 6.45) is 3.07. The van der Waals surface area contributed by atoms with Gasteiger partial charge in [-0.25, -0.2) is 0 Å². The first-order chi connectivity index (χ1) is 7.25. The summed E-state index contributed by atoms with van der Waals surface area (Å²) < 4.78 is 10.3. The Bertz CT molecular complexity index is 340. The van der Waals surface area contributed by atoms with E-state index in [2.05, 4.69) is 0 Å². The number of hydrogen-bond acceptors (Lipinski definition) is 4. The average molecular weight is 208 g/mol. The third-order valence-corrected chi connectivity index (χ3v) is 2.37. The highest BCUT2D eigenvalue weighted by Gasteiger charge is 2.14. The molecule has 0 atom stereocenters. The first kappa shape index (κ1) is 10.3. The van der Waals surface area contributed by atoms with E-state index in [1.165, 1.54) is 0 Å². The van der Waals surface area contributed by atoms with Gasteiger partial charge in [-0.1, -0.05) is 0 Å². The summed E-state index contributed by atoms with van der Waals surface area (Å²) >= 11 is 0. The number of benzene rings is 1. The lowest BCUT2D eigenvalue weighted by Crippen LogP contribution is -2.20. The Morgan fingerprint density at radius 1 is 1.27 bits per heavy atom. The molecular formula is C10H13BO4. The molecule has 15 heavy (non-hydrogen) atoms. The number of hydrogen-bond donors (Lipinski definition) is 2. The standard InChI is InChI=1S/C10H13BO4/c12-11(13)15-9-4-5-10-8(7-9)3-1-2-6-14-10/h4-5,7,12-13H,1-3,6H2. The van der Waals surface area contributed by atoms with E-state index in [0.29, 0.717) is 5.75 Å². The summed E-state index contributed by atoms with van der Waals surface area (Å²) in [6.45, 7) is 0.746. The van der Waals surface area contributed by atoms with Crippen molar-refractivity contribution in [3.05, 3.63) is 23.8 Å². The summed E-state index contributed by atoms with van der Waals surface area (Å²) in [4.78, 5) is 0. The van der Waals surface area contributed by atoms with Crippen molar-refractivity contribution in [2.75, 3.05) is 6.61 Å². The van der Waals surface area contributed by atoms with Crippen LogP contribution in [-0.2, 0) is 6.42 Å². The minimum absolute atomic E-state index is 0.453. The quantitative estimate of drug-likeness (QED) is 0.704. The molecule has 0 saturated heterocycles. The summed E-state index contributed by atoms with van der Waals surface area (Å²) in [6, 6.07) is 5.27. The Labute approximate surface area is 88.6 Å². The highest BCUT2D eigenvalue weighted by molar-refractivity contribution is 6.33. The molecule has 0 bridgehead atoms. The maximum Gasteiger partial charge on any atom is 0.707 e. The van der Waals surface area contributed by atoms with E-state index in [4.69, 9.17) is 19.4 Å². The molecule has 2 rings (SSSR count). The Morgan fingerprint density at radius 3 is 2.93 bits per heavy atom. The van der Waals surface area contributed by atoms with Crippen LogP contribution in [0.1, 0.15) is 18.4 Å². The third-order valence-electron chi connectivity index (χ3n) is 2.37. The van der Waals surface area contributed by atoms with Gasteiger partial charge in [0.25, 0.3) is 0 Å². The van der Waals surface area contributed by atoms with Gasteiger partial charge >= 0.3 is 7.32 Å². The molecule has 0 aliphatic carbocycles. The van der Waals surface area contributed by atoms with Gasteiger partial charge in [-0.2, -0.15) is 0 Å². The smallest absolute Gasteiger partial charge is 0.512 e.